The van der Waals surface area contributed by atoms with E-state index in [1.165, 1.54) is 12.1 Å². The van der Waals surface area contributed by atoms with Gasteiger partial charge in [0.1, 0.15) is 0 Å². The zero-order valence-corrected chi connectivity index (χ0v) is 17.6. The zero-order chi connectivity index (χ0) is 17.1. The second kappa shape index (κ2) is 12.7. The second-order valence-corrected chi connectivity index (χ2v) is 6.74. The number of nitrogens with one attached hydrogen (secondary N) is 3. The van der Waals surface area contributed by atoms with Crippen molar-refractivity contribution in [2.45, 2.75) is 11.8 Å². The SMILES string of the molecule is CCNC(=NCCNS(=O)(=O)c1cccc(Cl)c1)NCCOC.I. The Morgan fingerprint density at radius 2 is 2.04 bits per heavy atom. The maximum absolute atomic E-state index is 12.1. The van der Waals surface area contributed by atoms with Gasteiger partial charge in [0.25, 0.3) is 0 Å². The summed E-state index contributed by atoms with van der Waals surface area (Å²) in [7, 11) is -1.96. The molecule has 0 saturated heterocycles. The molecule has 1 aromatic rings. The number of ether oxygens (including phenoxy) is 1. The molecule has 0 bridgehead atoms. The van der Waals surface area contributed by atoms with Gasteiger partial charge in [-0.05, 0) is 25.1 Å². The fourth-order valence-electron chi connectivity index (χ4n) is 1.68. The molecule has 0 fully saturated rings. The molecule has 1 aromatic carbocycles. The molecule has 0 aliphatic rings. The molecule has 0 aromatic heterocycles. The summed E-state index contributed by atoms with van der Waals surface area (Å²) < 4.78 is 31.6. The summed E-state index contributed by atoms with van der Waals surface area (Å²) in [4.78, 5) is 4.42. The molecular formula is C14H24ClIN4O3S. The summed E-state index contributed by atoms with van der Waals surface area (Å²) in [5.74, 6) is 0.617. The van der Waals surface area contributed by atoms with Gasteiger partial charge in [0.15, 0.2) is 5.96 Å². The second-order valence-electron chi connectivity index (χ2n) is 4.54. The van der Waals surface area contributed by atoms with Crippen molar-refractivity contribution in [1.82, 2.24) is 15.4 Å². The number of methoxy groups -OCH3 is 1. The molecule has 0 atom stereocenters. The Kier molecular flexibility index (Phi) is 12.4. The third kappa shape index (κ3) is 9.02. The van der Waals surface area contributed by atoms with Gasteiger partial charge in [0.2, 0.25) is 10.0 Å². The number of aliphatic imine (C=N–C) groups is 1. The molecular weight excluding hydrogens is 467 g/mol. The first-order valence-corrected chi connectivity index (χ1v) is 9.12. The predicted octanol–water partition coefficient (Wildman–Crippen LogP) is 1.44. The lowest BCUT2D eigenvalue weighted by Gasteiger charge is -2.11. The van der Waals surface area contributed by atoms with Crippen molar-refractivity contribution in [2.24, 2.45) is 4.99 Å². The Bertz CT molecular complexity index is 614. The normalized spacial score (nSPS) is 11.7. The summed E-state index contributed by atoms with van der Waals surface area (Å²) in [6, 6.07) is 6.12. The number of rotatable bonds is 9. The average molecular weight is 491 g/mol. The minimum Gasteiger partial charge on any atom is -0.383 e. The van der Waals surface area contributed by atoms with Gasteiger partial charge in [-0.15, -0.1) is 24.0 Å². The molecule has 24 heavy (non-hydrogen) atoms. The van der Waals surface area contributed by atoms with Crippen LogP contribution in [0.15, 0.2) is 34.2 Å². The van der Waals surface area contributed by atoms with E-state index < -0.39 is 10.0 Å². The number of sulfonamides is 1. The van der Waals surface area contributed by atoms with E-state index in [0.717, 1.165) is 0 Å². The van der Waals surface area contributed by atoms with E-state index in [0.29, 0.717) is 37.2 Å². The Morgan fingerprint density at radius 1 is 1.29 bits per heavy atom. The predicted molar refractivity (Wildman–Crippen MR) is 108 cm³/mol. The van der Waals surface area contributed by atoms with E-state index in [4.69, 9.17) is 16.3 Å². The molecule has 0 radical (unpaired) electrons. The molecule has 0 spiro atoms. The Balaban J connectivity index is 0.00000529. The van der Waals surface area contributed by atoms with Gasteiger partial charge >= 0.3 is 0 Å². The van der Waals surface area contributed by atoms with Crippen molar-refractivity contribution in [3.05, 3.63) is 29.3 Å². The van der Waals surface area contributed by atoms with Crippen molar-refractivity contribution in [3.63, 3.8) is 0 Å². The van der Waals surface area contributed by atoms with Crippen LogP contribution in [0.5, 0.6) is 0 Å². The van der Waals surface area contributed by atoms with E-state index in [-0.39, 0.29) is 35.4 Å². The lowest BCUT2D eigenvalue weighted by Crippen LogP contribution is -2.39. The first-order chi connectivity index (χ1) is 11.0. The summed E-state index contributed by atoms with van der Waals surface area (Å²) in [5, 5.41) is 6.52. The van der Waals surface area contributed by atoms with E-state index in [1.807, 2.05) is 6.92 Å². The Hall–Kier alpha value is -0.620. The van der Waals surface area contributed by atoms with Crippen LogP contribution in [0.3, 0.4) is 0 Å². The highest BCUT2D eigenvalue weighted by Gasteiger charge is 2.13. The smallest absolute Gasteiger partial charge is 0.240 e. The van der Waals surface area contributed by atoms with Crippen LogP contribution >= 0.6 is 35.6 Å². The molecule has 138 valence electrons. The summed E-state index contributed by atoms with van der Waals surface area (Å²) >= 11 is 5.81. The van der Waals surface area contributed by atoms with Crippen molar-refractivity contribution < 1.29 is 13.2 Å². The minimum atomic E-state index is -3.58. The topological polar surface area (TPSA) is 91.8 Å². The molecule has 0 amide bonds. The lowest BCUT2D eigenvalue weighted by atomic mass is 10.4. The van der Waals surface area contributed by atoms with Crippen LogP contribution in [-0.4, -0.2) is 54.3 Å². The van der Waals surface area contributed by atoms with Crippen LogP contribution in [0, 0.1) is 0 Å². The maximum atomic E-state index is 12.1. The molecule has 7 nitrogen and oxygen atoms in total. The molecule has 3 N–H and O–H groups in total. The molecule has 0 aliphatic carbocycles. The van der Waals surface area contributed by atoms with E-state index >= 15 is 0 Å². The van der Waals surface area contributed by atoms with E-state index in [2.05, 4.69) is 20.3 Å². The van der Waals surface area contributed by atoms with Crippen LogP contribution < -0.4 is 15.4 Å². The van der Waals surface area contributed by atoms with Gasteiger partial charge in [-0.3, -0.25) is 4.99 Å². The molecule has 0 aliphatic heterocycles. The van der Waals surface area contributed by atoms with Gasteiger partial charge in [-0.2, -0.15) is 0 Å². The highest BCUT2D eigenvalue weighted by molar-refractivity contribution is 14.0. The number of benzene rings is 1. The molecule has 10 heteroatoms. The minimum absolute atomic E-state index is 0. The fraction of sp³-hybridized carbons (Fsp3) is 0.500. The summed E-state index contributed by atoms with van der Waals surface area (Å²) in [5.41, 5.74) is 0. The van der Waals surface area contributed by atoms with Gasteiger partial charge in [-0.25, -0.2) is 13.1 Å². The molecule has 0 unspecified atom stereocenters. The van der Waals surface area contributed by atoms with E-state index in [1.54, 1.807) is 19.2 Å². The fourth-order valence-corrected chi connectivity index (χ4v) is 3.00. The van der Waals surface area contributed by atoms with Crippen molar-refractivity contribution >= 4 is 51.6 Å². The van der Waals surface area contributed by atoms with Gasteiger partial charge in [0, 0.05) is 31.8 Å². The highest BCUT2D eigenvalue weighted by atomic mass is 127. The molecule has 0 heterocycles. The van der Waals surface area contributed by atoms with Gasteiger partial charge < -0.3 is 15.4 Å². The maximum Gasteiger partial charge on any atom is 0.240 e. The quantitative estimate of drug-likeness (QED) is 0.211. The monoisotopic (exact) mass is 490 g/mol. The summed E-state index contributed by atoms with van der Waals surface area (Å²) in [6.45, 7) is 4.35. The zero-order valence-electron chi connectivity index (χ0n) is 13.7. The van der Waals surface area contributed by atoms with Crippen LogP contribution in [0.4, 0.5) is 0 Å². The number of hydrogen-bond acceptors (Lipinski definition) is 4. The molecule has 0 saturated carbocycles. The summed E-state index contributed by atoms with van der Waals surface area (Å²) in [6.07, 6.45) is 0. The standard InChI is InChI=1S/C14H23ClN4O3S.HI/c1-3-16-14(18-9-10-22-2)17-7-8-19-23(20,21)13-6-4-5-12(15)11-13;/h4-6,11,19H,3,7-10H2,1-2H3,(H2,16,17,18);1H. The van der Waals surface area contributed by atoms with Crippen molar-refractivity contribution in [3.8, 4) is 0 Å². The third-order valence-electron chi connectivity index (χ3n) is 2.72. The van der Waals surface area contributed by atoms with Crippen molar-refractivity contribution in [1.29, 1.82) is 0 Å². The Morgan fingerprint density at radius 3 is 2.67 bits per heavy atom. The van der Waals surface area contributed by atoms with Crippen LogP contribution in [0.25, 0.3) is 0 Å². The van der Waals surface area contributed by atoms with Crippen molar-refractivity contribution in [2.75, 3.05) is 39.9 Å². The van der Waals surface area contributed by atoms with Crippen LogP contribution in [0.2, 0.25) is 5.02 Å². The van der Waals surface area contributed by atoms with E-state index in [9.17, 15) is 8.42 Å². The number of nitrogens with zero attached hydrogens (tertiary/aromatic N) is 1. The molecule has 1 rings (SSSR count). The first kappa shape index (κ1) is 23.4. The Labute approximate surface area is 165 Å². The van der Waals surface area contributed by atoms with Crippen LogP contribution in [-0.2, 0) is 14.8 Å². The number of halogens is 2. The number of hydrogen-bond donors (Lipinski definition) is 3. The van der Waals surface area contributed by atoms with Gasteiger partial charge in [-0.1, -0.05) is 17.7 Å². The van der Waals surface area contributed by atoms with Gasteiger partial charge in [0.05, 0.1) is 18.0 Å². The number of guanidine groups is 1. The lowest BCUT2D eigenvalue weighted by molar-refractivity contribution is 0.203. The average Bonchev–Trinajstić information content (AvgIpc) is 2.51. The largest absolute Gasteiger partial charge is 0.383 e. The highest BCUT2D eigenvalue weighted by Crippen LogP contribution is 2.14. The third-order valence-corrected chi connectivity index (χ3v) is 4.42. The first-order valence-electron chi connectivity index (χ1n) is 7.26. The van der Waals surface area contributed by atoms with Crippen LogP contribution in [0.1, 0.15) is 6.92 Å².